The van der Waals surface area contributed by atoms with E-state index >= 15 is 0 Å². The van der Waals surface area contributed by atoms with Crippen LogP contribution < -0.4 is 10.9 Å². The molecule has 1 amide bonds. The van der Waals surface area contributed by atoms with Gasteiger partial charge in [-0.2, -0.15) is 5.10 Å². The molecule has 33 heavy (non-hydrogen) atoms. The van der Waals surface area contributed by atoms with Crippen molar-refractivity contribution in [2.24, 2.45) is 7.05 Å². The van der Waals surface area contributed by atoms with Gasteiger partial charge in [-0.3, -0.25) is 19.3 Å². The highest BCUT2D eigenvalue weighted by molar-refractivity contribution is 5.94. The summed E-state index contributed by atoms with van der Waals surface area (Å²) >= 11 is 0. The second-order valence-corrected chi connectivity index (χ2v) is 7.87. The molecule has 0 spiro atoms. The van der Waals surface area contributed by atoms with Gasteiger partial charge in [0.05, 0.1) is 17.4 Å². The fraction of sp³-hybridized carbons (Fsp3) is 0.240. The van der Waals surface area contributed by atoms with E-state index in [0.29, 0.717) is 29.2 Å². The van der Waals surface area contributed by atoms with E-state index in [0.717, 1.165) is 23.2 Å². The Labute approximate surface area is 191 Å². The van der Waals surface area contributed by atoms with Crippen molar-refractivity contribution < 1.29 is 4.79 Å². The summed E-state index contributed by atoms with van der Waals surface area (Å²) < 4.78 is 1.62. The van der Waals surface area contributed by atoms with E-state index in [9.17, 15) is 9.59 Å². The molecule has 4 rings (SSSR count). The fourth-order valence-electron chi connectivity index (χ4n) is 3.96. The first-order chi connectivity index (χ1) is 16.0. The van der Waals surface area contributed by atoms with Crippen LogP contribution in [0, 0.1) is 6.92 Å². The molecule has 0 fully saturated rings. The van der Waals surface area contributed by atoms with E-state index in [1.165, 1.54) is 6.07 Å². The highest BCUT2D eigenvalue weighted by Gasteiger charge is 2.23. The molecule has 1 atom stereocenters. The zero-order valence-electron chi connectivity index (χ0n) is 18.9. The number of H-pyrrole nitrogens is 1. The Hall–Kier alpha value is -4.07. The van der Waals surface area contributed by atoms with E-state index in [1.807, 2.05) is 50.2 Å². The summed E-state index contributed by atoms with van der Waals surface area (Å²) in [6.45, 7) is 3.93. The third kappa shape index (κ3) is 4.90. The molecule has 3 aromatic heterocycles. The number of aromatic amines is 1. The van der Waals surface area contributed by atoms with Crippen LogP contribution in [0.3, 0.4) is 0 Å². The maximum Gasteiger partial charge on any atom is 0.270 e. The number of hydrogen-bond acceptors (Lipinski definition) is 5. The molecule has 2 N–H and O–H groups in total. The van der Waals surface area contributed by atoms with Gasteiger partial charge in [0.25, 0.3) is 11.5 Å². The lowest BCUT2D eigenvalue weighted by Crippen LogP contribution is -2.32. The predicted molar refractivity (Wildman–Crippen MR) is 126 cm³/mol. The highest BCUT2D eigenvalue weighted by atomic mass is 16.2. The number of pyridine rings is 1. The van der Waals surface area contributed by atoms with Crippen molar-refractivity contribution in [2.45, 2.75) is 32.7 Å². The van der Waals surface area contributed by atoms with E-state index in [-0.39, 0.29) is 17.5 Å². The summed E-state index contributed by atoms with van der Waals surface area (Å²) in [5.41, 5.74) is 4.26. The summed E-state index contributed by atoms with van der Waals surface area (Å²) in [5, 5.41) is 7.59. The van der Waals surface area contributed by atoms with Crippen LogP contribution in [0.5, 0.6) is 0 Å². The Balaban J connectivity index is 1.67. The molecular weight excluding hydrogens is 416 g/mol. The summed E-state index contributed by atoms with van der Waals surface area (Å²) in [5.74, 6) is 0.229. The Kier molecular flexibility index (Phi) is 6.44. The van der Waals surface area contributed by atoms with Crippen molar-refractivity contribution in [2.75, 3.05) is 0 Å². The average molecular weight is 443 g/mol. The van der Waals surface area contributed by atoms with E-state index in [4.69, 9.17) is 0 Å². The largest absolute Gasteiger partial charge is 0.344 e. The lowest BCUT2D eigenvalue weighted by Gasteiger charge is -2.19. The van der Waals surface area contributed by atoms with Crippen molar-refractivity contribution in [3.05, 3.63) is 99.5 Å². The van der Waals surface area contributed by atoms with Gasteiger partial charge in [-0.05, 0) is 31.0 Å². The third-order valence-electron chi connectivity index (χ3n) is 5.58. The Morgan fingerprint density at radius 3 is 2.64 bits per heavy atom. The molecule has 0 radical (unpaired) electrons. The molecule has 1 unspecified atom stereocenters. The molecule has 168 valence electrons. The number of hydrogen-bond donors (Lipinski definition) is 2. The molecule has 3 heterocycles. The molecule has 0 aliphatic carbocycles. The quantitative estimate of drug-likeness (QED) is 0.457. The van der Waals surface area contributed by atoms with Gasteiger partial charge in [-0.25, -0.2) is 4.98 Å². The number of carbonyl (C=O) groups excluding carboxylic acids is 1. The number of carbonyl (C=O) groups is 1. The van der Waals surface area contributed by atoms with Crippen LogP contribution in [0.4, 0.5) is 0 Å². The minimum absolute atomic E-state index is 0.214. The van der Waals surface area contributed by atoms with Crippen LogP contribution in [-0.4, -0.2) is 30.6 Å². The number of benzene rings is 1. The summed E-state index contributed by atoms with van der Waals surface area (Å²) in [7, 11) is 1.77. The SMILES string of the molecule is CCc1nn(C)c(C(=O)NC(Cc2cc(=O)[nH]c(-c3cccnc3)n2)c2ccccc2)c1C. The maximum absolute atomic E-state index is 13.3. The lowest BCUT2D eigenvalue weighted by atomic mass is 10.0. The number of nitrogens with one attached hydrogen (secondary N) is 2. The Morgan fingerprint density at radius 1 is 1.18 bits per heavy atom. The summed E-state index contributed by atoms with van der Waals surface area (Å²) in [6, 6.07) is 14.4. The molecule has 0 bridgehead atoms. The second-order valence-electron chi connectivity index (χ2n) is 7.87. The maximum atomic E-state index is 13.3. The molecule has 4 aromatic rings. The molecule has 0 saturated carbocycles. The molecule has 0 saturated heterocycles. The second kappa shape index (κ2) is 9.60. The standard InChI is InChI=1S/C25H26N6O2/c1-4-20-16(2)23(31(3)30-20)25(33)28-21(17-9-6-5-7-10-17)13-19-14-22(32)29-24(27-19)18-11-8-12-26-15-18/h5-12,14-15,21H,4,13H2,1-3H3,(H,28,33)(H,27,29,32). The van der Waals surface area contributed by atoms with Crippen LogP contribution in [0.2, 0.25) is 0 Å². The zero-order valence-corrected chi connectivity index (χ0v) is 18.9. The van der Waals surface area contributed by atoms with Crippen LogP contribution in [-0.2, 0) is 19.9 Å². The topological polar surface area (TPSA) is 106 Å². The molecule has 0 aliphatic rings. The van der Waals surface area contributed by atoms with Gasteiger partial charge in [-0.1, -0.05) is 37.3 Å². The van der Waals surface area contributed by atoms with Crippen LogP contribution in [0.1, 0.15) is 46.0 Å². The van der Waals surface area contributed by atoms with Crippen molar-refractivity contribution in [3.8, 4) is 11.4 Å². The van der Waals surface area contributed by atoms with Crippen LogP contribution >= 0.6 is 0 Å². The Bertz CT molecular complexity index is 1310. The minimum Gasteiger partial charge on any atom is -0.344 e. The van der Waals surface area contributed by atoms with Gasteiger partial charge in [0.1, 0.15) is 11.5 Å². The fourth-order valence-corrected chi connectivity index (χ4v) is 3.96. The molecule has 8 nitrogen and oxygen atoms in total. The van der Waals surface area contributed by atoms with E-state index < -0.39 is 0 Å². The summed E-state index contributed by atoms with van der Waals surface area (Å²) in [6.07, 6.45) is 4.42. The zero-order chi connectivity index (χ0) is 23.4. The normalized spacial score (nSPS) is 11.8. The smallest absolute Gasteiger partial charge is 0.270 e. The first kappa shape index (κ1) is 22.1. The van der Waals surface area contributed by atoms with Crippen LogP contribution in [0.25, 0.3) is 11.4 Å². The monoisotopic (exact) mass is 442 g/mol. The predicted octanol–water partition coefficient (Wildman–Crippen LogP) is 3.15. The van der Waals surface area contributed by atoms with Crippen molar-refractivity contribution >= 4 is 5.91 Å². The molecular formula is C25H26N6O2. The van der Waals surface area contributed by atoms with Gasteiger partial charge in [0.15, 0.2) is 0 Å². The molecule has 0 aliphatic heterocycles. The first-order valence-corrected chi connectivity index (χ1v) is 10.8. The molecule has 1 aromatic carbocycles. The number of aromatic nitrogens is 5. The van der Waals surface area contributed by atoms with E-state index in [2.05, 4.69) is 25.4 Å². The minimum atomic E-state index is -0.380. The van der Waals surface area contributed by atoms with Gasteiger partial charge in [-0.15, -0.1) is 0 Å². The van der Waals surface area contributed by atoms with Crippen molar-refractivity contribution in [1.29, 1.82) is 0 Å². The number of aryl methyl sites for hydroxylation is 2. The summed E-state index contributed by atoms with van der Waals surface area (Å²) in [4.78, 5) is 37.1. The highest BCUT2D eigenvalue weighted by Crippen LogP contribution is 2.21. The van der Waals surface area contributed by atoms with E-state index in [1.54, 1.807) is 30.2 Å². The van der Waals surface area contributed by atoms with Gasteiger partial charge in [0.2, 0.25) is 0 Å². The first-order valence-electron chi connectivity index (χ1n) is 10.8. The number of amides is 1. The molecule has 8 heteroatoms. The Morgan fingerprint density at radius 2 is 1.97 bits per heavy atom. The lowest BCUT2D eigenvalue weighted by molar-refractivity contribution is 0.0926. The third-order valence-corrected chi connectivity index (χ3v) is 5.58. The van der Waals surface area contributed by atoms with Gasteiger partial charge in [0, 0.05) is 43.1 Å². The van der Waals surface area contributed by atoms with Gasteiger partial charge < -0.3 is 10.3 Å². The van der Waals surface area contributed by atoms with Crippen molar-refractivity contribution in [1.82, 2.24) is 30.0 Å². The number of nitrogens with zero attached hydrogens (tertiary/aromatic N) is 4. The number of rotatable bonds is 7. The average Bonchev–Trinajstić information content (AvgIpc) is 3.12. The van der Waals surface area contributed by atoms with Crippen molar-refractivity contribution in [3.63, 3.8) is 0 Å². The van der Waals surface area contributed by atoms with Gasteiger partial charge >= 0.3 is 0 Å². The van der Waals surface area contributed by atoms with Crippen LogP contribution in [0.15, 0.2) is 65.7 Å².